The minimum absolute atomic E-state index is 0.0159. The zero-order valence-electron chi connectivity index (χ0n) is 18.5. The normalized spacial score (nSPS) is 11.1. The Kier molecular flexibility index (Phi) is 5.81. The number of aromatic hydroxyl groups is 1. The molecule has 176 valence electrons. The molecule has 12 heteroatoms. The highest BCUT2D eigenvalue weighted by molar-refractivity contribution is 6.11. The van der Waals surface area contributed by atoms with Gasteiger partial charge in [-0.05, 0) is 29.7 Å². The number of nitrogens with one attached hydrogen (secondary N) is 1. The molecule has 5 aromatic rings. The van der Waals surface area contributed by atoms with E-state index in [-0.39, 0.29) is 28.6 Å². The molecule has 0 bridgehead atoms. The number of hydrogen-bond donors (Lipinski definition) is 3. The van der Waals surface area contributed by atoms with Gasteiger partial charge in [-0.25, -0.2) is 14.6 Å². The summed E-state index contributed by atoms with van der Waals surface area (Å²) in [6.45, 7) is 0. The molecule has 3 aromatic heterocycles. The van der Waals surface area contributed by atoms with Gasteiger partial charge in [0.05, 0.1) is 5.56 Å². The maximum absolute atomic E-state index is 13.0. The van der Waals surface area contributed by atoms with Crippen LogP contribution in [-0.2, 0) is 0 Å². The summed E-state index contributed by atoms with van der Waals surface area (Å²) in [6.07, 6.45) is 7.43. The Bertz CT molecular complexity index is 1620. The quantitative estimate of drug-likeness (QED) is 0.311. The minimum Gasteiger partial charge on any atom is -0.505 e. The summed E-state index contributed by atoms with van der Waals surface area (Å²) in [7, 11) is 0. The first kappa shape index (κ1) is 22.3. The Morgan fingerprint density at radius 1 is 0.944 bits per heavy atom. The topological polar surface area (TPSA) is 174 Å². The molecule has 5 rings (SSSR count). The molecular weight excluding hydrogens is 462 g/mol. The van der Waals surface area contributed by atoms with E-state index in [9.17, 15) is 14.7 Å². The van der Waals surface area contributed by atoms with Crippen LogP contribution >= 0.6 is 0 Å². The van der Waals surface area contributed by atoms with Crippen molar-refractivity contribution in [1.82, 2.24) is 24.7 Å². The number of nitrogens with two attached hydrogens (primary N) is 1. The molecule has 0 aliphatic carbocycles. The first-order valence-electron chi connectivity index (χ1n) is 10.6. The van der Waals surface area contributed by atoms with Crippen LogP contribution in [0.2, 0.25) is 0 Å². The minimum atomic E-state index is -0.786. The third kappa shape index (κ3) is 4.33. The van der Waals surface area contributed by atoms with Gasteiger partial charge in [-0.3, -0.25) is 14.6 Å². The number of rotatable bonds is 6. The number of pyridine rings is 1. The van der Waals surface area contributed by atoms with Crippen molar-refractivity contribution in [3.8, 4) is 11.7 Å². The van der Waals surface area contributed by atoms with Crippen molar-refractivity contribution in [2.45, 2.75) is 0 Å². The zero-order valence-corrected chi connectivity index (χ0v) is 18.5. The number of phenolic OH excluding ortho intramolecular Hbond substituents is 1. The number of carbonyl (C=O) groups excluding carboxylic acids is 2. The summed E-state index contributed by atoms with van der Waals surface area (Å²) in [5.74, 6) is -1.64. The molecule has 12 nitrogen and oxygen atoms in total. The first-order valence-corrected chi connectivity index (χ1v) is 10.6. The SMILES string of the molecule is NC(=O)c1cn(-c2ncccn2)nc1/N=N/c1c(O)c(C(=O)Nc2ccncc2)cc2ccccc12. The number of aromatic nitrogens is 5. The van der Waals surface area contributed by atoms with Crippen LogP contribution in [0.4, 0.5) is 17.2 Å². The lowest BCUT2D eigenvalue weighted by molar-refractivity contribution is 0.0997. The molecule has 2 aromatic carbocycles. The molecule has 36 heavy (non-hydrogen) atoms. The lowest BCUT2D eigenvalue weighted by Crippen LogP contribution is -2.12. The van der Waals surface area contributed by atoms with Crippen LogP contribution in [0, 0.1) is 0 Å². The van der Waals surface area contributed by atoms with Crippen LogP contribution in [0.5, 0.6) is 5.75 Å². The molecular formula is C24H17N9O3. The smallest absolute Gasteiger partial charge is 0.259 e. The summed E-state index contributed by atoms with van der Waals surface area (Å²) in [5, 5.41) is 27.3. The van der Waals surface area contributed by atoms with Crippen LogP contribution in [0.1, 0.15) is 20.7 Å². The molecule has 3 heterocycles. The fourth-order valence-corrected chi connectivity index (χ4v) is 3.45. The standard InChI is InChI=1S/C24H17N9O3/c25-21(35)18-13-33(24-27-8-3-9-28-24)32-22(18)31-30-19-16-5-2-1-4-14(16)12-17(20(19)34)23(36)29-15-6-10-26-11-7-15/h1-13,34H,(H2,25,35)(H,26,29,36)/b31-30+. The maximum Gasteiger partial charge on any atom is 0.259 e. The van der Waals surface area contributed by atoms with E-state index in [1.54, 1.807) is 48.5 Å². The first-order chi connectivity index (χ1) is 17.5. The van der Waals surface area contributed by atoms with Crippen molar-refractivity contribution >= 4 is 39.8 Å². The van der Waals surface area contributed by atoms with E-state index in [0.29, 0.717) is 16.5 Å². The van der Waals surface area contributed by atoms with E-state index in [0.717, 1.165) is 0 Å². The fraction of sp³-hybridized carbons (Fsp3) is 0. The second-order valence-electron chi connectivity index (χ2n) is 7.46. The largest absolute Gasteiger partial charge is 0.505 e. The van der Waals surface area contributed by atoms with Gasteiger partial charge >= 0.3 is 0 Å². The van der Waals surface area contributed by atoms with Crippen LogP contribution in [0.3, 0.4) is 0 Å². The summed E-state index contributed by atoms with van der Waals surface area (Å²) in [5.41, 5.74) is 5.98. The third-order valence-corrected chi connectivity index (χ3v) is 5.14. The zero-order chi connectivity index (χ0) is 25.1. The van der Waals surface area contributed by atoms with Crippen molar-refractivity contribution in [1.29, 1.82) is 0 Å². The van der Waals surface area contributed by atoms with Crippen molar-refractivity contribution in [2.75, 3.05) is 5.32 Å². The number of hydrogen-bond acceptors (Lipinski definition) is 9. The highest BCUT2D eigenvalue weighted by Crippen LogP contribution is 2.39. The van der Waals surface area contributed by atoms with Gasteiger partial charge in [0, 0.05) is 42.1 Å². The number of amides is 2. The van der Waals surface area contributed by atoms with Crippen molar-refractivity contribution in [3.05, 3.63) is 90.6 Å². The van der Waals surface area contributed by atoms with Crippen molar-refractivity contribution in [3.63, 3.8) is 0 Å². The predicted molar refractivity (Wildman–Crippen MR) is 130 cm³/mol. The number of azo groups is 1. The Morgan fingerprint density at radius 3 is 2.44 bits per heavy atom. The molecule has 0 spiro atoms. The van der Waals surface area contributed by atoms with E-state index < -0.39 is 17.6 Å². The molecule has 0 saturated carbocycles. The lowest BCUT2D eigenvalue weighted by atomic mass is 10.0. The molecule has 2 amide bonds. The number of carbonyl (C=O) groups is 2. The molecule has 0 saturated heterocycles. The average molecular weight is 479 g/mol. The molecule has 0 aliphatic heterocycles. The Labute approximate surface area is 203 Å². The highest BCUT2D eigenvalue weighted by Gasteiger charge is 2.20. The van der Waals surface area contributed by atoms with E-state index in [1.165, 1.54) is 35.7 Å². The van der Waals surface area contributed by atoms with E-state index in [4.69, 9.17) is 5.73 Å². The monoisotopic (exact) mass is 479 g/mol. The number of fused-ring (bicyclic) bond motifs is 1. The van der Waals surface area contributed by atoms with Crippen LogP contribution in [0.25, 0.3) is 16.7 Å². The predicted octanol–water partition coefficient (Wildman–Crippen LogP) is 3.68. The third-order valence-electron chi connectivity index (χ3n) is 5.14. The number of nitrogens with zero attached hydrogens (tertiary/aromatic N) is 7. The summed E-state index contributed by atoms with van der Waals surface area (Å²) >= 11 is 0. The molecule has 0 fully saturated rings. The van der Waals surface area contributed by atoms with Gasteiger partial charge in [0.25, 0.3) is 17.8 Å². The number of phenols is 1. The molecule has 0 radical (unpaired) electrons. The van der Waals surface area contributed by atoms with Gasteiger partial charge in [0.15, 0.2) is 5.75 Å². The average Bonchev–Trinajstić information content (AvgIpc) is 3.34. The van der Waals surface area contributed by atoms with Crippen molar-refractivity contribution < 1.29 is 14.7 Å². The fourth-order valence-electron chi connectivity index (χ4n) is 3.45. The summed E-state index contributed by atoms with van der Waals surface area (Å²) in [4.78, 5) is 37.0. The number of primary amides is 1. The van der Waals surface area contributed by atoms with E-state index in [1.807, 2.05) is 0 Å². The van der Waals surface area contributed by atoms with Gasteiger partial charge in [0.1, 0.15) is 11.3 Å². The highest BCUT2D eigenvalue weighted by atomic mass is 16.3. The molecule has 0 aliphatic rings. The van der Waals surface area contributed by atoms with E-state index >= 15 is 0 Å². The van der Waals surface area contributed by atoms with Crippen LogP contribution in [-0.4, -0.2) is 41.7 Å². The number of anilines is 1. The summed E-state index contributed by atoms with van der Waals surface area (Å²) < 4.78 is 1.24. The van der Waals surface area contributed by atoms with Gasteiger partial charge in [0.2, 0.25) is 5.82 Å². The van der Waals surface area contributed by atoms with Gasteiger partial charge < -0.3 is 16.2 Å². The second kappa shape index (κ2) is 9.38. The number of benzene rings is 2. The van der Waals surface area contributed by atoms with E-state index in [2.05, 4.69) is 35.6 Å². The molecule has 0 unspecified atom stereocenters. The molecule has 0 atom stereocenters. The van der Waals surface area contributed by atoms with Gasteiger partial charge in [-0.1, -0.05) is 24.3 Å². The Morgan fingerprint density at radius 2 is 1.69 bits per heavy atom. The Balaban J connectivity index is 1.58. The Hall–Kier alpha value is -5.52. The van der Waals surface area contributed by atoms with Crippen LogP contribution < -0.4 is 11.1 Å². The van der Waals surface area contributed by atoms with Crippen molar-refractivity contribution in [2.24, 2.45) is 16.0 Å². The van der Waals surface area contributed by atoms with Crippen LogP contribution in [0.15, 0.2) is 89.7 Å². The second-order valence-corrected chi connectivity index (χ2v) is 7.46. The maximum atomic E-state index is 13.0. The van der Waals surface area contributed by atoms with Gasteiger partial charge in [-0.2, -0.15) is 0 Å². The van der Waals surface area contributed by atoms with Gasteiger partial charge in [-0.15, -0.1) is 15.3 Å². The lowest BCUT2D eigenvalue weighted by Gasteiger charge is -2.11. The summed E-state index contributed by atoms with van der Waals surface area (Å²) in [6, 6.07) is 13.5. The molecule has 4 N–H and O–H groups in total.